The van der Waals surface area contributed by atoms with Gasteiger partial charge in [0.05, 0.1) is 24.0 Å². The lowest BCUT2D eigenvalue weighted by Gasteiger charge is -2.08. The number of hydrogen-bond donors (Lipinski definition) is 0. The molecular weight excluding hydrogens is 207 g/mol. The van der Waals surface area contributed by atoms with E-state index in [9.17, 15) is 13.2 Å². The molecule has 0 atom stereocenters. The van der Waals surface area contributed by atoms with Gasteiger partial charge in [0.25, 0.3) is 0 Å². The quantitative estimate of drug-likeness (QED) is 0.779. The summed E-state index contributed by atoms with van der Waals surface area (Å²) in [4.78, 5) is 3.67. The Hall–Kier alpha value is -1.10. The van der Waals surface area contributed by atoms with Gasteiger partial charge in [-0.15, -0.1) is 0 Å². The first-order valence-corrected chi connectivity index (χ1v) is 4.53. The summed E-state index contributed by atoms with van der Waals surface area (Å²) in [6.45, 7) is 3.93. The van der Waals surface area contributed by atoms with Crippen molar-refractivity contribution in [3.8, 4) is 0 Å². The van der Waals surface area contributed by atoms with Crippen LogP contribution >= 0.6 is 0 Å². The lowest BCUT2D eigenvalue weighted by atomic mass is 10.2. The third-order valence-corrected chi connectivity index (χ3v) is 1.72. The van der Waals surface area contributed by atoms with Crippen LogP contribution in [-0.4, -0.2) is 11.1 Å². The van der Waals surface area contributed by atoms with E-state index >= 15 is 0 Å². The molecule has 5 heteroatoms. The maximum Gasteiger partial charge on any atom is 0.417 e. The van der Waals surface area contributed by atoms with Gasteiger partial charge in [-0.05, 0) is 26.0 Å². The number of nitrogens with zero attached hydrogens (tertiary/aromatic N) is 1. The first-order chi connectivity index (χ1) is 6.89. The van der Waals surface area contributed by atoms with E-state index in [0.29, 0.717) is 5.69 Å². The van der Waals surface area contributed by atoms with Crippen molar-refractivity contribution in [2.45, 2.75) is 32.7 Å². The van der Waals surface area contributed by atoms with Crippen LogP contribution in [0.25, 0.3) is 0 Å². The van der Waals surface area contributed by atoms with Crippen LogP contribution < -0.4 is 0 Å². The number of alkyl halides is 3. The number of pyridine rings is 1. The SMILES string of the molecule is CC(C)OCc1ccc(C(F)(F)F)cn1. The molecule has 0 saturated heterocycles. The summed E-state index contributed by atoms with van der Waals surface area (Å²) in [6, 6.07) is 2.33. The zero-order valence-electron chi connectivity index (χ0n) is 8.51. The van der Waals surface area contributed by atoms with E-state index in [4.69, 9.17) is 4.74 Å². The molecule has 0 aliphatic heterocycles. The normalized spacial score (nSPS) is 12.1. The average Bonchev–Trinajstić information content (AvgIpc) is 2.14. The fourth-order valence-electron chi connectivity index (χ4n) is 0.930. The van der Waals surface area contributed by atoms with E-state index in [1.807, 2.05) is 13.8 Å². The molecule has 0 aliphatic carbocycles. The van der Waals surface area contributed by atoms with Crippen molar-refractivity contribution >= 4 is 0 Å². The number of halogens is 3. The lowest BCUT2D eigenvalue weighted by Crippen LogP contribution is -2.07. The minimum atomic E-state index is -4.33. The molecule has 0 aromatic carbocycles. The molecule has 15 heavy (non-hydrogen) atoms. The van der Waals surface area contributed by atoms with Gasteiger partial charge in [-0.2, -0.15) is 13.2 Å². The summed E-state index contributed by atoms with van der Waals surface area (Å²) in [7, 11) is 0. The van der Waals surface area contributed by atoms with E-state index < -0.39 is 11.7 Å². The Bertz CT molecular complexity index is 305. The Morgan fingerprint density at radius 1 is 1.33 bits per heavy atom. The minimum absolute atomic E-state index is 0.0362. The fraction of sp³-hybridized carbons (Fsp3) is 0.500. The number of ether oxygens (including phenoxy) is 1. The maximum absolute atomic E-state index is 12.2. The summed E-state index contributed by atoms with van der Waals surface area (Å²) >= 11 is 0. The van der Waals surface area contributed by atoms with Gasteiger partial charge >= 0.3 is 6.18 Å². The first kappa shape index (κ1) is 12.0. The molecule has 0 saturated carbocycles. The van der Waals surface area contributed by atoms with Crippen LogP contribution in [-0.2, 0) is 17.5 Å². The van der Waals surface area contributed by atoms with Crippen LogP contribution in [0.3, 0.4) is 0 Å². The number of hydrogen-bond acceptors (Lipinski definition) is 2. The molecule has 1 aromatic rings. The van der Waals surface area contributed by atoms with E-state index in [1.54, 1.807) is 0 Å². The average molecular weight is 219 g/mol. The summed E-state index contributed by atoms with van der Waals surface area (Å²) in [6.07, 6.45) is -3.47. The van der Waals surface area contributed by atoms with Gasteiger partial charge in [0.15, 0.2) is 0 Å². The maximum atomic E-state index is 12.2. The van der Waals surface area contributed by atoms with Gasteiger partial charge in [-0.1, -0.05) is 0 Å². The van der Waals surface area contributed by atoms with Crippen LogP contribution in [0.15, 0.2) is 18.3 Å². The molecule has 0 amide bonds. The third kappa shape index (κ3) is 3.87. The Morgan fingerprint density at radius 2 is 2.00 bits per heavy atom. The largest absolute Gasteiger partial charge is 0.417 e. The second-order valence-electron chi connectivity index (χ2n) is 3.40. The molecule has 2 nitrogen and oxygen atoms in total. The topological polar surface area (TPSA) is 22.1 Å². The first-order valence-electron chi connectivity index (χ1n) is 4.53. The highest BCUT2D eigenvalue weighted by Gasteiger charge is 2.30. The van der Waals surface area contributed by atoms with Crippen LogP contribution in [0.1, 0.15) is 25.1 Å². The standard InChI is InChI=1S/C10H12F3NO/c1-7(2)15-6-9-4-3-8(5-14-9)10(11,12)13/h3-5,7H,6H2,1-2H3. The zero-order chi connectivity index (χ0) is 11.5. The van der Waals surface area contributed by atoms with Gasteiger partial charge in [0.2, 0.25) is 0 Å². The summed E-state index contributed by atoms with van der Waals surface area (Å²) in [5, 5.41) is 0. The predicted octanol–water partition coefficient (Wildman–Crippen LogP) is 3.03. The van der Waals surface area contributed by atoms with Gasteiger partial charge in [-0.3, -0.25) is 4.98 Å². The Balaban J connectivity index is 2.65. The van der Waals surface area contributed by atoms with Crippen LogP contribution in [0, 0.1) is 0 Å². The third-order valence-electron chi connectivity index (χ3n) is 1.72. The van der Waals surface area contributed by atoms with Crippen LogP contribution in [0.5, 0.6) is 0 Å². The van der Waals surface area contributed by atoms with E-state index in [1.165, 1.54) is 6.07 Å². The van der Waals surface area contributed by atoms with E-state index in [0.717, 1.165) is 12.3 Å². The van der Waals surface area contributed by atoms with Crippen molar-refractivity contribution in [2.24, 2.45) is 0 Å². The molecule has 84 valence electrons. The molecule has 0 bridgehead atoms. The highest BCUT2D eigenvalue weighted by Crippen LogP contribution is 2.28. The zero-order valence-corrected chi connectivity index (χ0v) is 8.51. The molecule has 0 aliphatic rings. The predicted molar refractivity (Wildman–Crippen MR) is 49.2 cm³/mol. The highest BCUT2D eigenvalue weighted by molar-refractivity contribution is 5.16. The van der Waals surface area contributed by atoms with Crippen molar-refractivity contribution in [1.82, 2.24) is 4.98 Å². The van der Waals surface area contributed by atoms with E-state index in [2.05, 4.69) is 4.98 Å². The number of aromatic nitrogens is 1. The van der Waals surface area contributed by atoms with Crippen LogP contribution in [0.2, 0.25) is 0 Å². The summed E-state index contributed by atoms with van der Waals surface area (Å²) < 4.78 is 41.7. The molecule has 1 aromatic heterocycles. The molecule has 0 unspecified atom stereocenters. The number of rotatable bonds is 3. The van der Waals surface area contributed by atoms with Gasteiger partial charge in [0.1, 0.15) is 0 Å². The van der Waals surface area contributed by atoms with Gasteiger partial charge in [-0.25, -0.2) is 0 Å². The molecule has 0 fully saturated rings. The van der Waals surface area contributed by atoms with E-state index in [-0.39, 0.29) is 12.7 Å². The molecule has 1 rings (SSSR count). The van der Waals surface area contributed by atoms with Crippen molar-refractivity contribution in [3.63, 3.8) is 0 Å². The fourth-order valence-corrected chi connectivity index (χ4v) is 0.930. The Kier molecular flexibility index (Phi) is 3.68. The Labute approximate surface area is 86.1 Å². The molecular formula is C10H12F3NO. The molecule has 0 N–H and O–H groups in total. The highest BCUT2D eigenvalue weighted by atomic mass is 19.4. The smallest absolute Gasteiger partial charge is 0.373 e. The second-order valence-corrected chi connectivity index (χ2v) is 3.40. The van der Waals surface area contributed by atoms with Gasteiger partial charge < -0.3 is 4.74 Å². The molecule has 0 spiro atoms. The summed E-state index contributed by atoms with van der Waals surface area (Å²) in [5.74, 6) is 0. The van der Waals surface area contributed by atoms with Gasteiger partial charge in [0, 0.05) is 6.20 Å². The minimum Gasteiger partial charge on any atom is -0.373 e. The monoisotopic (exact) mass is 219 g/mol. The van der Waals surface area contributed by atoms with Crippen molar-refractivity contribution < 1.29 is 17.9 Å². The van der Waals surface area contributed by atoms with Crippen molar-refractivity contribution in [3.05, 3.63) is 29.6 Å². The molecule has 0 radical (unpaired) electrons. The summed E-state index contributed by atoms with van der Waals surface area (Å²) in [5.41, 5.74) is -0.243. The Morgan fingerprint density at radius 3 is 2.40 bits per heavy atom. The molecule has 1 heterocycles. The second kappa shape index (κ2) is 4.61. The van der Waals surface area contributed by atoms with Crippen molar-refractivity contribution in [1.29, 1.82) is 0 Å². The van der Waals surface area contributed by atoms with Crippen LogP contribution in [0.4, 0.5) is 13.2 Å². The van der Waals surface area contributed by atoms with Crippen molar-refractivity contribution in [2.75, 3.05) is 0 Å². The lowest BCUT2D eigenvalue weighted by molar-refractivity contribution is -0.137.